The quantitative estimate of drug-likeness (QED) is 0.910. The van der Waals surface area contributed by atoms with Crippen molar-refractivity contribution in [1.29, 1.82) is 0 Å². The van der Waals surface area contributed by atoms with E-state index in [1.54, 1.807) is 0 Å². The maximum Gasteiger partial charge on any atom is 0.122 e. The summed E-state index contributed by atoms with van der Waals surface area (Å²) in [5.41, 5.74) is 9.33. The lowest BCUT2D eigenvalue weighted by atomic mass is 9.76. The Hall–Kier alpha value is -1.65. The van der Waals surface area contributed by atoms with Crippen molar-refractivity contribution in [2.24, 2.45) is 5.73 Å². The summed E-state index contributed by atoms with van der Waals surface area (Å²) in [6.07, 6.45) is 7.35. The summed E-state index contributed by atoms with van der Waals surface area (Å²) in [6.45, 7) is 3.75. The van der Waals surface area contributed by atoms with Gasteiger partial charge in [-0.2, -0.15) is 0 Å². The van der Waals surface area contributed by atoms with Gasteiger partial charge in [0.2, 0.25) is 0 Å². The summed E-state index contributed by atoms with van der Waals surface area (Å²) in [7, 11) is 0. The fourth-order valence-corrected chi connectivity index (χ4v) is 3.94. The van der Waals surface area contributed by atoms with Crippen LogP contribution in [0.3, 0.4) is 0 Å². The van der Waals surface area contributed by atoms with Crippen LogP contribution in [0.25, 0.3) is 0 Å². The molecule has 1 aliphatic carbocycles. The van der Waals surface area contributed by atoms with Gasteiger partial charge in [0.05, 0.1) is 6.54 Å². The van der Waals surface area contributed by atoms with Crippen molar-refractivity contribution in [3.63, 3.8) is 0 Å². The molecule has 0 spiro atoms. The maximum absolute atomic E-state index is 6.25. The van der Waals surface area contributed by atoms with Crippen molar-refractivity contribution in [2.45, 2.75) is 37.9 Å². The number of imidazole rings is 1. The predicted molar refractivity (Wildman–Crippen MR) is 82.9 cm³/mol. The first-order valence-corrected chi connectivity index (χ1v) is 7.83. The molecule has 110 valence electrons. The molecule has 4 rings (SSSR count). The summed E-state index contributed by atoms with van der Waals surface area (Å²) >= 11 is 0. The Labute approximate surface area is 125 Å². The van der Waals surface area contributed by atoms with Gasteiger partial charge in [-0.05, 0) is 30.4 Å². The van der Waals surface area contributed by atoms with Crippen LogP contribution >= 0.6 is 0 Å². The van der Waals surface area contributed by atoms with Gasteiger partial charge in [0.1, 0.15) is 5.82 Å². The Kier molecular flexibility index (Phi) is 3.08. The van der Waals surface area contributed by atoms with E-state index in [0.29, 0.717) is 0 Å². The van der Waals surface area contributed by atoms with E-state index in [2.05, 4.69) is 44.9 Å². The van der Waals surface area contributed by atoms with E-state index >= 15 is 0 Å². The van der Waals surface area contributed by atoms with E-state index in [1.165, 1.54) is 17.0 Å². The number of nitrogens with two attached hydrogens (primary N) is 1. The minimum absolute atomic E-state index is 0.103. The van der Waals surface area contributed by atoms with Gasteiger partial charge < -0.3 is 10.3 Å². The van der Waals surface area contributed by atoms with E-state index in [0.717, 1.165) is 45.4 Å². The van der Waals surface area contributed by atoms with Gasteiger partial charge >= 0.3 is 0 Å². The number of aromatic nitrogens is 2. The minimum atomic E-state index is 0.103. The lowest BCUT2D eigenvalue weighted by Crippen LogP contribution is -2.58. The summed E-state index contributed by atoms with van der Waals surface area (Å²) in [6, 6.07) is 8.82. The zero-order chi connectivity index (χ0) is 14.3. The molecule has 1 atom stereocenters. The number of benzene rings is 1. The molecule has 1 aromatic heterocycles. The molecule has 1 aliphatic heterocycles. The summed E-state index contributed by atoms with van der Waals surface area (Å²) in [5.74, 6) is 1.17. The molecule has 2 heterocycles. The zero-order valence-electron chi connectivity index (χ0n) is 12.3. The van der Waals surface area contributed by atoms with Gasteiger partial charge in [-0.15, -0.1) is 0 Å². The third-order valence-electron chi connectivity index (χ3n) is 5.29. The van der Waals surface area contributed by atoms with Crippen LogP contribution in [0.5, 0.6) is 0 Å². The second-order valence-corrected chi connectivity index (χ2v) is 6.33. The second kappa shape index (κ2) is 4.97. The van der Waals surface area contributed by atoms with Crippen LogP contribution in [0.2, 0.25) is 0 Å². The van der Waals surface area contributed by atoms with Crippen LogP contribution < -0.4 is 5.73 Å². The van der Waals surface area contributed by atoms with Gasteiger partial charge in [-0.3, -0.25) is 4.90 Å². The Morgan fingerprint density at radius 1 is 1.19 bits per heavy atom. The van der Waals surface area contributed by atoms with Crippen molar-refractivity contribution in [2.75, 3.05) is 13.1 Å². The monoisotopic (exact) mass is 282 g/mol. The SMILES string of the molecule is NCC1(N2CCn3ccnc3C2)CCc2ccccc2C1. The molecule has 21 heavy (non-hydrogen) atoms. The number of nitrogens with zero attached hydrogens (tertiary/aromatic N) is 3. The van der Waals surface area contributed by atoms with Gasteiger partial charge in [0.25, 0.3) is 0 Å². The van der Waals surface area contributed by atoms with Crippen LogP contribution in [0.15, 0.2) is 36.7 Å². The molecule has 0 fully saturated rings. The Bertz CT molecular complexity index is 648. The summed E-state index contributed by atoms with van der Waals surface area (Å²) < 4.78 is 2.26. The van der Waals surface area contributed by atoms with Crippen LogP contribution in [-0.4, -0.2) is 33.1 Å². The molecule has 2 aromatic rings. The first-order chi connectivity index (χ1) is 10.3. The van der Waals surface area contributed by atoms with Crippen LogP contribution in [0.4, 0.5) is 0 Å². The molecule has 2 N–H and O–H groups in total. The van der Waals surface area contributed by atoms with E-state index in [9.17, 15) is 0 Å². The average molecular weight is 282 g/mol. The Balaban J connectivity index is 1.64. The van der Waals surface area contributed by atoms with E-state index in [4.69, 9.17) is 5.73 Å². The van der Waals surface area contributed by atoms with Gasteiger partial charge in [-0.1, -0.05) is 24.3 Å². The normalized spacial score (nSPS) is 25.4. The van der Waals surface area contributed by atoms with Crippen molar-refractivity contribution in [3.05, 3.63) is 53.6 Å². The maximum atomic E-state index is 6.25. The van der Waals surface area contributed by atoms with Gasteiger partial charge in [0.15, 0.2) is 0 Å². The van der Waals surface area contributed by atoms with Crippen molar-refractivity contribution in [3.8, 4) is 0 Å². The van der Waals surface area contributed by atoms with Gasteiger partial charge in [0, 0.05) is 37.6 Å². The van der Waals surface area contributed by atoms with Crippen molar-refractivity contribution < 1.29 is 0 Å². The number of hydrogen-bond acceptors (Lipinski definition) is 3. The molecular weight excluding hydrogens is 260 g/mol. The molecule has 4 heteroatoms. The second-order valence-electron chi connectivity index (χ2n) is 6.33. The number of hydrogen-bond donors (Lipinski definition) is 1. The predicted octanol–water partition coefficient (Wildman–Crippen LogP) is 1.59. The van der Waals surface area contributed by atoms with Crippen LogP contribution in [0, 0.1) is 0 Å². The highest BCUT2D eigenvalue weighted by atomic mass is 15.3. The molecule has 1 aromatic carbocycles. The molecular formula is C17H22N4. The van der Waals surface area contributed by atoms with Crippen LogP contribution in [0.1, 0.15) is 23.4 Å². The fraction of sp³-hybridized carbons (Fsp3) is 0.471. The molecule has 4 nitrogen and oxygen atoms in total. The summed E-state index contributed by atoms with van der Waals surface area (Å²) in [4.78, 5) is 7.07. The van der Waals surface area contributed by atoms with E-state index < -0.39 is 0 Å². The Morgan fingerprint density at radius 3 is 2.90 bits per heavy atom. The van der Waals surface area contributed by atoms with Gasteiger partial charge in [-0.25, -0.2) is 4.98 Å². The lowest BCUT2D eigenvalue weighted by molar-refractivity contribution is 0.0509. The average Bonchev–Trinajstić information content (AvgIpc) is 3.02. The largest absolute Gasteiger partial charge is 0.333 e. The minimum Gasteiger partial charge on any atom is -0.333 e. The Morgan fingerprint density at radius 2 is 2.05 bits per heavy atom. The molecule has 0 bridgehead atoms. The highest BCUT2D eigenvalue weighted by Crippen LogP contribution is 2.34. The molecule has 0 saturated carbocycles. The fourth-order valence-electron chi connectivity index (χ4n) is 3.94. The smallest absolute Gasteiger partial charge is 0.122 e. The van der Waals surface area contributed by atoms with Crippen molar-refractivity contribution >= 4 is 0 Å². The van der Waals surface area contributed by atoms with Crippen molar-refractivity contribution in [1.82, 2.24) is 14.5 Å². The number of aryl methyl sites for hydroxylation is 1. The number of rotatable bonds is 2. The highest BCUT2D eigenvalue weighted by Gasteiger charge is 2.40. The van der Waals surface area contributed by atoms with E-state index in [1.807, 2.05) is 6.20 Å². The summed E-state index contributed by atoms with van der Waals surface area (Å²) in [5, 5.41) is 0. The first-order valence-electron chi connectivity index (χ1n) is 7.83. The third kappa shape index (κ3) is 2.10. The topological polar surface area (TPSA) is 47.1 Å². The number of fused-ring (bicyclic) bond motifs is 2. The zero-order valence-corrected chi connectivity index (χ0v) is 12.3. The third-order valence-corrected chi connectivity index (χ3v) is 5.29. The van der Waals surface area contributed by atoms with E-state index in [-0.39, 0.29) is 5.54 Å². The van der Waals surface area contributed by atoms with Crippen LogP contribution in [-0.2, 0) is 25.9 Å². The first kappa shape index (κ1) is 13.0. The highest BCUT2D eigenvalue weighted by molar-refractivity contribution is 5.32. The molecule has 1 unspecified atom stereocenters. The standard InChI is InChI=1S/C17H22N4/c18-13-17(6-5-14-3-1-2-4-15(14)11-17)21-10-9-20-8-7-19-16(20)12-21/h1-4,7-8H,5-6,9-13,18H2. The molecule has 0 saturated heterocycles. The molecule has 2 aliphatic rings. The molecule has 0 amide bonds. The lowest BCUT2D eigenvalue weighted by Gasteiger charge is -2.47. The molecule has 0 radical (unpaired) electrons.